The van der Waals surface area contributed by atoms with Crippen molar-refractivity contribution in [3.8, 4) is 0 Å². The Morgan fingerprint density at radius 1 is 1.33 bits per heavy atom. The van der Waals surface area contributed by atoms with E-state index in [1.807, 2.05) is 6.07 Å². The summed E-state index contributed by atoms with van der Waals surface area (Å²) in [5.41, 5.74) is 1.07. The highest BCUT2D eigenvalue weighted by Crippen LogP contribution is 2.28. The summed E-state index contributed by atoms with van der Waals surface area (Å²) >= 11 is 7.36. The van der Waals surface area contributed by atoms with Crippen LogP contribution in [0.5, 0.6) is 0 Å². The first-order valence-electron chi connectivity index (χ1n) is 8.92. The molecule has 5 heteroatoms. The molecule has 0 fully saturated rings. The predicted octanol–water partition coefficient (Wildman–Crippen LogP) is 5.38. The Hall–Kier alpha value is -1.20. The Morgan fingerprint density at radius 2 is 2.08 bits per heavy atom. The quantitative estimate of drug-likeness (QED) is 0.637. The van der Waals surface area contributed by atoms with Crippen LogP contribution in [0.2, 0.25) is 0 Å². The molecule has 2 rings (SSSR count). The van der Waals surface area contributed by atoms with Crippen LogP contribution in [0.3, 0.4) is 0 Å². The van der Waals surface area contributed by atoms with Crippen LogP contribution in [0.1, 0.15) is 57.5 Å². The molecule has 0 aliphatic carbocycles. The normalized spacial score (nSPS) is 13.7. The van der Waals surface area contributed by atoms with Gasteiger partial charge in [0.25, 0.3) is 0 Å². The molecule has 24 heavy (non-hydrogen) atoms. The monoisotopic (exact) mass is 363 g/mol. The van der Waals surface area contributed by atoms with Gasteiger partial charge in [-0.05, 0) is 43.6 Å². The van der Waals surface area contributed by atoms with Crippen molar-refractivity contribution in [2.75, 3.05) is 13.6 Å². The molecular weight excluding hydrogens is 334 g/mol. The Kier molecular flexibility index (Phi) is 7.43. The van der Waals surface area contributed by atoms with E-state index < -0.39 is 0 Å². The average Bonchev–Trinajstić information content (AvgIpc) is 3.04. The highest BCUT2D eigenvalue weighted by atomic mass is 32.1. The minimum Gasteiger partial charge on any atom is -0.362 e. The lowest BCUT2D eigenvalue weighted by Gasteiger charge is -2.27. The molecular formula is C19H29N3S2. The molecule has 1 aromatic heterocycles. The number of fused-ring (bicyclic) bond motifs is 1. The molecule has 0 aliphatic rings. The summed E-state index contributed by atoms with van der Waals surface area (Å²) in [6, 6.07) is 8.47. The molecule has 0 saturated carbocycles. The van der Waals surface area contributed by atoms with Crippen LogP contribution in [0, 0.1) is 5.92 Å². The smallest absolute Gasteiger partial charge is 0.169 e. The molecule has 0 bridgehead atoms. The number of nitrogens with zero attached hydrogens (tertiary/aromatic N) is 2. The van der Waals surface area contributed by atoms with Crippen molar-refractivity contribution in [3.05, 3.63) is 29.3 Å². The zero-order valence-electron chi connectivity index (χ0n) is 15.2. The standard InChI is InChI=1S/C19H29N3S2/c1-5-7-10-15(6-2)13-20-19(23)22(4)14(3)18-21-16-11-8-9-12-17(16)24-18/h8-9,11-12,14-15H,5-7,10,13H2,1-4H3,(H,20,23)/t14-,15+/m0/s1. The zero-order chi connectivity index (χ0) is 17.5. The lowest BCUT2D eigenvalue weighted by molar-refractivity contribution is 0.381. The maximum atomic E-state index is 5.60. The summed E-state index contributed by atoms with van der Waals surface area (Å²) in [7, 11) is 2.05. The Morgan fingerprint density at radius 3 is 2.75 bits per heavy atom. The molecule has 0 spiro atoms. The first-order chi connectivity index (χ1) is 11.6. The summed E-state index contributed by atoms with van der Waals surface area (Å²) in [6.45, 7) is 7.64. The number of hydrogen-bond donors (Lipinski definition) is 1. The van der Waals surface area contributed by atoms with Crippen molar-refractivity contribution < 1.29 is 0 Å². The Bertz CT molecular complexity index is 620. The van der Waals surface area contributed by atoms with Gasteiger partial charge in [0.15, 0.2) is 5.11 Å². The molecule has 0 saturated heterocycles. The van der Waals surface area contributed by atoms with E-state index in [0.29, 0.717) is 5.92 Å². The SMILES string of the molecule is CCCC[C@@H](CC)CNC(=S)N(C)[C@@H](C)c1nc2ccccc2s1. The minimum absolute atomic E-state index is 0.179. The van der Waals surface area contributed by atoms with Crippen molar-refractivity contribution in [2.45, 2.75) is 52.5 Å². The zero-order valence-corrected chi connectivity index (χ0v) is 16.8. The Labute approximate surface area is 155 Å². The van der Waals surface area contributed by atoms with Gasteiger partial charge in [-0.1, -0.05) is 45.2 Å². The largest absolute Gasteiger partial charge is 0.362 e. The van der Waals surface area contributed by atoms with Crippen LogP contribution in [0.25, 0.3) is 10.2 Å². The lowest BCUT2D eigenvalue weighted by Crippen LogP contribution is -2.40. The lowest BCUT2D eigenvalue weighted by atomic mass is 9.99. The van der Waals surface area contributed by atoms with Crippen molar-refractivity contribution >= 4 is 38.9 Å². The molecule has 1 N–H and O–H groups in total. The summed E-state index contributed by atoms with van der Waals surface area (Å²) in [4.78, 5) is 6.88. The fourth-order valence-corrected chi connectivity index (χ4v) is 4.01. The van der Waals surface area contributed by atoms with Gasteiger partial charge in [-0.15, -0.1) is 11.3 Å². The maximum Gasteiger partial charge on any atom is 0.169 e. The topological polar surface area (TPSA) is 28.2 Å². The van der Waals surface area contributed by atoms with Crippen LogP contribution < -0.4 is 5.32 Å². The van der Waals surface area contributed by atoms with E-state index in [2.05, 4.69) is 56.2 Å². The molecule has 3 nitrogen and oxygen atoms in total. The number of thiocarbonyl (C=S) groups is 1. The minimum atomic E-state index is 0.179. The van der Waals surface area contributed by atoms with E-state index in [0.717, 1.165) is 22.2 Å². The van der Waals surface area contributed by atoms with E-state index in [4.69, 9.17) is 17.2 Å². The number of aromatic nitrogens is 1. The summed E-state index contributed by atoms with van der Waals surface area (Å²) in [5.74, 6) is 0.703. The first-order valence-corrected chi connectivity index (χ1v) is 10.1. The average molecular weight is 364 g/mol. The van der Waals surface area contributed by atoms with E-state index >= 15 is 0 Å². The van der Waals surface area contributed by atoms with Crippen molar-refractivity contribution in [1.29, 1.82) is 0 Å². The van der Waals surface area contributed by atoms with Gasteiger partial charge in [0, 0.05) is 13.6 Å². The van der Waals surface area contributed by atoms with Crippen LogP contribution in [-0.4, -0.2) is 28.6 Å². The molecule has 0 unspecified atom stereocenters. The van der Waals surface area contributed by atoms with E-state index in [9.17, 15) is 0 Å². The highest BCUT2D eigenvalue weighted by molar-refractivity contribution is 7.80. The van der Waals surface area contributed by atoms with Gasteiger partial charge in [0.2, 0.25) is 0 Å². The van der Waals surface area contributed by atoms with Gasteiger partial charge in [-0.3, -0.25) is 0 Å². The maximum absolute atomic E-state index is 5.60. The number of unbranched alkanes of at least 4 members (excludes halogenated alkanes) is 1. The Balaban J connectivity index is 1.93. The number of benzene rings is 1. The molecule has 1 heterocycles. The van der Waals surface area contributed by atoms with Crippen LogP contribution >= 0.6 is 23.6 Å². The molecule has 0 aliphatic heterocycles. The van der Waals surface area contributed by atoms with Crippen LogP contribution in [0.4, 0.5) is 0 Å². The molecule has 2 atom stereocenters. The summed E-state index contributed by atoms with van der Waals surface area (Å²) in [6.07, 6.45) is 5.03. The van der Waals surface area contributed by atoms with Gasteiger partial charge < -0.3 is 10.2 Å². The number of rotatable bonds is 8. The van der Waals surface area contributed by atoms with Crippen LogP contribution in [-0.2, 0) is 0 Å². The molecule has 1 aromatic carbocycles. The fraction of sp³-hybridized carbons (Fsp3) is 0.579. The van der Waals surface area contributed by atoms with Crippen molar-refractivity contribution in [1.82, 2.24) is 15.2 Å². The number of hydrogen-bond acceptors (Lipinski definition) is 3. The molecule has 0 amide bonds. The van der Waals surface area contributed by atoms with E-state index in [1.54, 1.807) is 11.3 Å². The predicted molar refractivity (Wildman–Crippen MR) is 110 cm³/mol. The second-order valence-electron chi connectivity index (χ2n) is 6.41. The van der Waals surface area contributed by atoms with Crippen molar-refractivity contribution in [3.63, 3.8) is 0 Å². The second kappa shape index (κ2) is 9.33. The molecule has 132 valence electrons. The number of para-hydroxylation sites is 1. The van der Waals surface area contributed by atoms with E-state index in [-0.39, 0.29) is 6.04 Å². The summed E-state index contributed by atoms with van der Waals surface area (Å²) in [5, 5.41) is 5.39. The third kappa shape index (κ3) is 4.90. The third-order valence-electron chi connectivity index (χ3n) is 4.65. The van der Waals surface area contributed by atoms with Gasteiger partial charge in [-0.25, -0.2) is 4.98 Å². The number of nitrogens with one attached hydrogen (secondary N) is 1. The molecule has 0 radical (unpaired) electrons. The van der Waals surface area contributed by atoms with Gasteiger partial charge in [0.05, 0.1) is 16.3 Å². The fourth-order valence-electron chi connectivity index (χ4n) is 2.71. The van der Waals surface area contributed by atoms with Gasteiger partial charge in [0.1, 0.15) is 5.01 Å². The first kappa shape index (κ1) is 19.1. The van der Waals surface area contributed by atoms with E-state index in [1.165, 1.54) is 30.4 Å². The highest BCUT2D eigenvalue weighted by Gasteiger charge is 2.19. The van der Waals surface area contributed by atoms with Crippen LogP contribution in [0.15, 0.2) is 24.3 Å². The third-order valence-corrected chi connectivity index (χ3v) is 6.29. The van der Waals surface area contributed by atoms with Gasteiger partial charge in [-0.2, -0.15) is 0 Å². The molecule has 2 aromatic rings. The van der Waals surface area contributed by atoms with Gasteiger partial charge >= 0.3 is 0 Å². The van der Waals surface area contributed by atoms with Crippen molar-refractivity contribution in [2.24, 2.45) is 5.92 Å². The number of thiazole rings is 1. The second-order valence-corrected chi connectivity index (χ2v) is 7.86. The summed E-state index contributed by atoms with van der Waals surface area (Å²) < 4.78 is 1.23.